The number of ether oxygens (including phenoxy) is 2. The summed E-state index contributed by atoms with van der Waals surface area (Å²) in [5, 5.41) is 48.6. The van der Waals surface area contributed by atoms with E-state index < -0.39 is 47.6 Å². The first-order valence-electron chi connectivity index (χ1n) is 37.1. The van der Waals surface area contributed by atoms with Gasteiger partial charge >= 0.3 is 103 Å². The van der Waals surface area contributed by atoms with Gasteiger partial charge in [-0.15, -0.1) is 0 Å². The molecular weight excluding hydrogens is 1680 g/mol. The maximum atomic E-state index is 13.9. The van der Waals surface area contributed by atoms with E-state index in [4.69, 9.17) is 19.5 Å². The SMILES string of the molecule is O=CO[O-].O=S(=O)(c1ccc(F)cc1)c1ccc(F)cc1.O=S(=O)(c1ccc(Oc2ccc(C3(c4ccc(O)cc4)c4ccccc4-c4ccccc43)cc2)cc1)c1ccc(Oc2ccc(C3(c4ccc(O)cc4)c4ccccc4-c4ccccc43)cc2)cc1.Oc1ccc(C2(c3ccc(O)cc3)c3ccccc3-c3ccccc32)cc1.[H-].[K+].[K+].[Y]. The van der Waals surface area contributed by atoms with Crippen molar-refractivity contribution in [2.75, 3.05) is 0 Å². The van der Waals surface area contributed by atoms with Gasteiger partial charge in [0.05, 0.1) is 35.8 Å². The van der Waals surface area contributed by atoms with E-state index in [1.165, 1.54) is 68.8 Å². The van der Waals surface area contributed by atoms with E-state index in [1.807, 2.05) is 72.8 Å². The number of hydrogen-bond acceptors (Lipinski definition) is 13. The fourth-order valence-electron chi connectivity index (χ4n) is 16.6. The molecule has 3 aliphatic carbocycles. The van der Waals surface area contributed by atoms with Gasteiger partial charge in [0, 0.05) is 32.7 Å². The molecule has 0 atom stereocenters. The van der Waals surface area contributed by atoms with E-state index in [0.29, 0.717) is 23.0 Å². The van der Waals surface area contributed by atoms with Crippen molar-refractivity contribution in [3.8, 4) is 79.4 Å². The van der Waals surface area contributed by atoms with Crippen molar-refractivity contribution in [3.63, 3.8) is 0 Å². The second-order valence-electron chi connectivity index (χ2n) is 28.0. The third kappa shape index (κ3) is 16.6. The van der Waals surface area contributed by atoms with Crippen LogP contribution in [0.5, 0.6) is 46.0 Å². The molecule has 0 bridgehead atoms. The molecule has 3 aliphatic rings. The predicted molar refractivity (Wildman–Crippen MR) is 443 cm³/mol. The minimum atomic E-state index is -3.86. The number of fused-ring (bicyclic) bond motifs is 9. The first-order valence-corrected chi connectivity index (χ1v) is 40.1. The molecule has 4 N–H and O–H groups in total. The van der Waals surface area contributed by atoms with E-state index in [1.54, 1.807) is 97.1 Å². The van der Waals surface area contributed by atoms with Crippen LogP contribution < -0.4 is 118 Å². The quantitative estimate of drug-likeness (QED) is 0.0247. The van der Waals surface area contributed by atoms with Gasteiger partial charge < -0.3 is 41.5 Å². The molecule has 0 aliphatic heterocycles. The molecular formula is C100H70F2K2O13S2Y. The van der Waals surface area contributed by atoms with Crippen LogP contribution in [0.15, 0.2) is 408 Å². The van der Waals surface area contributed by atoms with Gasteiger partial charge in [-0.2, -0.15) is 0 Å². The molecule has 0 spiro atoms. The molecule has 16 aromatic rings. The minimum Gasteiger partial charge on any atom is -1.00 e. The molecule has 13 nitrogen and oxygen atoms in total. The number of carbonyl (C=O) groups is 1. The molecule has 0 amide bonds. The van der Waals surface area contributed by atoms with Crippen LogP contribution in [0.25, 0.3) is 33.4 Å². The normalized spacial score (nSPS) is 12.8. The number of hydrogen-bond donors (Lipinski definition) is 4. The van der Waals surface area contributed by atoms with E-state index >= 15 is 0 Å². The van der Waals surface area contributed by atoms with Crippen molar-refractivity contribution in [1.82, 2.24) is 0 Å². The van der Waals surface area contributed by atoms with Crippen LogP contribution in [0.2, 0.25) is 0 Å². The number of benzene rings is 16. The summed E-state index contributed by atoms with van der Waals surface area (Å²) in [7, 11) is -7.57. The summed E-state index contributed by atoms with van der Waals surface area (Å²) < 4.78 is 89.7. The molecule has 0 heterocycles. The largest absolute Gasteiger partial charge is 1.00 e. The van der Waals surface area contributed by atoms with Gasteiger partial charge in [0.2, 0.25) is 19.7 Å². The molecule has 0 fully saturated rings. The number of aromatic hydroxyl groups is 4. The summed E-state index contributed by atoms with van der Waals surface area (Å²) in [6.07, 6.45) is 0. The molecule has 1 radical (unpaired) electrons. The van der Waals surface area contributed by atoms with Crippen LogP contribution in [0.4, 0.5) is 8.78 Å². The summed E-state index contributed by atoms with van der Waals surface area (Å²) in [6.45, 7) is -0.181. The third-order valence-corrected chi connectivity index (χ3v) is 25.2. The fourth-order valence-corrected chi connectivity index (χ4v) is 19.1. The first kappa shape index (κ1) is 87.7. The summed E-state index contributed by atoms with van der Waals surface area (Å²) in [6, 6.07) is 119. The molecule has 120 heavy (non-hydrogen) atoms. The van der Waals surface area contributed by atoms with Crippen molar-refractivity contribution in [2.45, 2.75) is 35.8 Å². The maximum Gasteiger partial charge on any atom is 1.00 e. The van der Waals surface area contributed by atoms with E-state index in [2.05, 4.69) is 175 Å². The molecule has 20 heteroatoms. The van der Waals surface area contributed by atoms with Crippen LogP contribution in [0.1, 0.15) is 68.2 Å². The van der Waals surface area contributed by atoms with Crippen LogP contribution in [0.3, 0.4) is 0 Å². The second-order valence-corrected chi connectivity index (χ2v) is 31.9. The Morgan fingerprint density at radius 1 is 0.267 bits per heavy atom. The van der Waals surface area contributed by atoms with Gasteiger partial charge in [-0.05, 0) is 270 Å². The fraction of sp³-hybridized carbons (Fsp3) is 0.0300. The Balaban J connectivity index is 0.000000210. The number of phenolic OH excluding ortho intramolecular Hbond substituents is 4. The maximum absolute atomic E-state index is 13.9. The van der Waals surface area contributed by atoms with Crippen molar-refractivity contribution >= 4 is 26.1 Å². The number of sulfone groups is 2. The summed E-state index contributed by atoms with van der Waals surface area (Å²) in [4.78, 5) is 11.5. The molecule has 19 rings (SSSR count). The van der Waals surface area contributed by atoms with Gasteiger partial charge in [0.1, 0.15) is 57.6 Å². The molecule has 0 aromatic heterocycles. The number of carbonyl (C=O) groups excluding carboxylic acids is 1. The molecule has 0 saturated carbocycles. The summed E-state index contributed by atoms with van der Waals surface area (Å²) in [5.74, 6) is 2.09. The number of halogens is 2. The van der Waals surface area contributed by atoms with Crippen molar-refractivity contribution in [3.05, 3.63) is 467 Å². The Labute approximate surface area is 804 Å². The van der Waals surface area contributed by atoms with Crippen LogP contribution in [-0.4, -0.2) is 43.7 Å². The van der Waals surface area contributed by atoms with Crippen LogP contribution >= 0.6 is 0 Å². The Hall–Kier alpha value is -10.1. The minimum absolute atomic E-state index is 0. The zero-order valence-electron chi connectivity index (χ0n) is 65.6. The van der Waals surface area contributed by atoms with Gasteiger partial charge in [-0.3, -0.25) is 4.79 Å². The topological polar surface area (TPSA) is 217 Å². The second kappa shape index (κ2) is 37.5. The summed E-state index contributed by atoms with van der Waals surface area (Å²) >= 11 is 0. The number of rotatable bonds is 15. The Kier molecular flexibility index (Phi) is 27.4. The van der Waals surface area contributed by atoms with E-state index in [-0.39, 0.29) is 186 Å². The van der Waals surface area contributed by atoms with Crippen molar-refractivity contribution in [1.29, 1.82) is 0 Å². The standard InChI is InChI=1S/C62H42O6S.C25H18O2.C12H8F2O2S.CH2O3.2K.Y.H/c63-45-25-17-41(18-26-45)61(57-13-5-1-9-53(57)54-10-2-6-14-58(54)61)43-21-29-47(30-22-43)67-49-33-37-51(38-34-49)69(65,66)52-39-35-50(36-40-52)68-48-31-23-44(24-32-48)62(42-19-27-46(64)28-20-42)59-15-7-3-11-55(59)56-12-4-8-16-60(56)62;26-19-13-9-17(10-14-19)25(18-11-15-20(27)16-12-18)23-7-3-1-5-21(23)22-6-2-4-8-24(22)25;13-9-1-5-11(6-2-9)17(15,16)12-7-3-10(14)4-8-12;2-1-4-3;;;;/h1-40,63-64H;1-16,26-27H;1-8H;1,3H;;;;/q;;;;2*+1;;-1/p-1. The Morgan fingerprint density at radius 3 is 0.608 bits per heavy atom. The van der Waals surface area contributed by atoms with Crippen LogP contribution in [-0.2, 0) is 78.3 Å². The van der Waals surface area contributed by atoms with Gasteiger partial charge in [0.15, 0.2) is 0 Å². The van der Waals surface area contributed by atoms with Crippen molar-refractivity contribution in [2.24, 2.45) is 0 Å². The van der Waals surface area contributed by atoms with Crippen molar-refractivity contribution < 1.29 is 207 Å². The van der Waals surface area contributed by atoms with Gasteiger partial charge in [-0.1, -0.05) is 218 Å². The zero-order valence-corrected chi connectivity index (χ0v) is 75.4. The van der Waals surface area contributed by atoms with E-state index in [9.17, 15) is 46.0 Å². The van der Waals surface area contributed by atoms with Crippen LogP contribution in [0, 0.1) is 11.6 Å². The summed E-state index contributed by atoms with van der Waals surface area (Å²) in [5.41, 5.74) is 18.8. The van der Waals surface area contributed by atoms with E-state index in [0.717, 1.165) is 79.9 Å². The third-order valence-electron chi connectivity index (χ3n) is 21.7. The van der Waals surface area contributed by atoms with Gasteiger partial charge in [0.25, 0.3) is 6.47 Å². The first-order chi connectivity index (χ1) is 56.9. The number of phenols is 4. The Morgan fingerprint density at radius 2 is 0.425 bits per heavy atom. The average molecular weight is 1750 g/mol. The molecule has 579 valence electrons. The monoisotopic (exact) mass is 1750 g/mol. The zero-order chi connectivity index (χ0) is 81.1. The average Bonchev–Trinajstić information content (AvgIpc) is 1.56. The Bertz CT molecular complexity index is 6110. The molecule has 16 aromatic carbocycles. The van der Waals surface area contributed by atoms with Gasteiger partial charge in [-0.25, -0.2) is 25.6 Å². The molecule has 0 saturated heterocycles. The predicted octanol–water partition coefficient (Wildman–Crippen LogP) is 15.1. The smallest absolute Gasteiger partial charge is 1.00 e. The molecule has 0 unspecified atom stereocenters.